The summed E-state index contributed by atoms with van der Waals surface area (Å²) in [7, 11) is -1.19. The smallest absolute Gasteiger partial charge is 0.0976 e. The molecule has 2 N–H and O–H groups in total. The summed E-state index contributed by atoms with van der Waals surface area (Å²) in [5.74, 6) is 0. The van der Waals surface area contributed by atoms with Gasteiger partial charge in [-0.15, -0.1) is 0 Å². The van der Waals surface area contributed by atoms with Crippen molar-refractivity contribution in [3.63, 3.8) is 0 Å². The van der Waals surface area contributed by atoms with E-state index in [1.807, 2.05) is 52.0 Å². The van der Waals surface area contributed by atoms with Crippen molar-refractivity contribution >= 4 is 11.0 Å². The maximum absolute atomic E-state index is 12.0. The predicted octanol–water partition coefficient (Wildman–Crippen LogP) is 2.08. The van der Waals surface area contributed by atoms with Gasteiger partial charge >= 0.3 is 0 Å². The molecule has 0 unspecified atom stereocenters. The second kappa shape index (κ2) is 5.76. The lowest BCUT2D eigenvalue weighted by molar-refractivity contribution is 0.259. The normalized spacial score (nSPS) is 15.6. The van der Waals surface area contributed by atoms with Crippen molar-refractivity contribution in [2.45, 2.75) is 38.5 Å². The van der Waals surface area contributed by atoms with Gasteiger partial charge in [-0.1, -0.05) is 24.3 Å². The van der Waals surface area contributed by atoms with Gasteiger partial charge in [0.25, 0.3) is 0 Å². The molecular formula is C13H21NO2S. The van der Waals surface area contributed by atoms with E-state index in [0.717, 1.165) is 11.1 Å². The van der Waals surface area contributed by atoms with Crippen LogP contribution in [0.1, 0.15) is 37.9 Å². The van der Waals surface area contributed by atoms with Crippen LogP contribution in [-0.4, -0.2) is 20.7 Å². The Morgan fingerprint density at radius 3 is 2.41 bits per heavy atom. The molecule has 0 aliphatic heterocycles. The fourth-order valence-electron chi connectivity index (χ4n) is 1.48. The van der Waals surface area contributed by atoms with Crippen molar-refractivity contribution in [1.29, 1.82) is 0 Å². The molecule has 0 saturated carbocycles. The number of hydrogen-bond donors (Lipinski definition) is 2. The molecule has 3 nitrogen and oxygen atoms in total. The Kier molecular flexibility index (Phi) is 4.86. The summed E-state index contributed by atoms with van der Waals surface area (Å²) >= 11 is 0. The van der Waals surface area contributed by atoms with E-state index in [-0.39, 0.29) is 17.4 Å². The first-order valence-electron chi connectivity index (χ1n) is 5.70. The molecule has 0 aromatic heterocycles. The van der Waals surface area contributed by atoms with E-state index in [1.54, 1.807) is 0 Å². The van der Waals surface area contributed by atoms with Gasteiger partial charge in [0.05, 0.1) is 28.4 Å². The van der Waals surface area contributed by atoms with E-state index < -0.39 is 11.0 Å². The standard InChI is InChI=1S/C13H21NO2S/c1-10-7-5-6-8-11(10)12(9-15)14-17(16)13(2,3)4/h5-8,12,14-15H,9H2,1-4H3/t12-,17+/m0/s1. The zero-order valence-electron chi connectivity index (χ0n) is 10.9. The Hall–Kier alpha value is -0.710. The number of benzene rings is 1. The molecule has 1 aromatic carbocycles. The lowest BCUT2D eigenvalue weighted by Gasteiger charge is -2.24. The van der Waals surface area contributed by atoms with E-state index in [9.17, 15) is 9.32 Å². The Bertz CT molecular complexity index is 399. The van der Waals surface area contributed by atoms with Crippen LogP contribution in [0.25, 0.3) is 0 Å². The highest BCUT2D eigenvalue weighted by Gasteiger charge is 2.23. The molecule has 17 heavy (non-hydrogen) atoms. The lowest BCUT2D eigenvalue weighted by atomic mass is 10.0. The average Bonchev–Trinajstić information content (AvgIpc) is 2.25. The number of aliphatic hydroxyl groups is 1. The zero-order valence-corrected chi connectivity index (χ0v) is 11.7. The largest absolute Gasteiger partial charge is 0.394 e. The average molecular weight is 255 g/mol. The van der Waals surface area contributed by atoms with E-state index in [4.69, 9.17) is 0 Å². The summed E-state index contributed by atoms with van der Waals surface area (Å²) in [6.45, 7) is 7.64. The molecule has 1 rings (SSSR count). The molecule has 96 valence electrons. The minimum absolute atomic E-state index is 0.0628. The number of aryl methyl sites for hydroxylation is 1. The molecule has 0 fully saturated rings. The maximum Gasteiger partial charge on any atom is 0.0976 e. The van der Waals surface area contributed by atoms with Crippen LogP contribution >= 0.6 is 0 Å². The lowest BCUT2D eigenvalue weighted by Crippen LogP contribution is -2.37. The summed E-state index contributed by atoms with van der Waals surface area (Å²) in [4.78, 5) is 0. The van der Waals surface area contributed by atoms with Gasteiger partial charge in [-0.3, -0.25) is 0 Å². The highest BCUT2D eigenvalue weighted by molar-refractivity contribution is 7.84. The molecule has 4 heteroatoms. The molecule has 0 aliphatic rings. The monoisotopic (exact) mass is 255 g/mol. The molecule has 0 radical (unpaired) electrons. The maximum atomic E-state index is 12.0. The van der Waals surface area contributed by atoms with Crippen molar-refractivity contribution in [3.8, 4) is 0 Å². The fraction of sp³-hybridized carbons (Fsp3) is 0.538. The molecule has 1 aromatic rings. The minimum atomic E-state index is -1.19. The first kappa shape index (κ1) is 14.4. The SMILES string of the molecule is Cc1ccccc1[C@H](CO)N[S@](=O)C(C)(C)C. The van der Waals surface area contributed by atoms with Gasteiger partial charge in [-0.2, -0.15) is 0 Å². The van der Waals surface area contributed by atoms with Crippen LogP contribution in [0.15, 0.2) is 24.3 Å². The van der Waals surface area contributed by atoms with Crippen molar-refractivity contribution in [1.82, 2.24) is 4.72 Å². The van der Waals surface area contributed by atoms with E-state index >= 15 is 0 Å². The van der Waals surface area contributed by atoms with E-state index in [1.165, 1.54) is 0 Å². The van der Waals surface area contributed by atoms with Gasteiger partial charge in [0.1, 0.15) is 0 Å². The summed E-state index contributed by atoms with van der Waals surface area (Å²) in [5.41, 5.74) is 2.08. The Balaban J connectivity index is 2.87. The summed E-state index contributed by atoms with van der Waals surface area (Å²) < 4.78 is 14.7. The van der Waals surface area contributed by atoms with Crippen LogP contribution in [0.5, 0.6) is 0 Å². The van der Waals surface area contributed by atoms with Crippen molar-refractivity contribution in [2.75, 3.05) is 6.61 Å². The number of rotatable bonds is 4. The van der Waals surface area contributed by atoms with Crippen LogP contribution in [0, 0.1) is 6.92 Å². The van der Waals surface area contributed by atoms with E-state index in [2.05, 4.69) is 4.72 Å². The first-order valence-corrected chi connectivity index (χ1v) is 6.85. The molecule has 2 atom stereocenters. The van der Waals surface area contributed by atoms with Crippen molar-refractivity contribution in [3.05, 3.63) is 35.4 Å². The first-order chi connectivity index (χ1) is 7.86. The predicted molar refractivity (Wildman–Crippen MR) is 72.0 cm³/mol. The van der Waals surface area contributed by atoms with Crippen LogP contribution in [0.2, 0.25) is 0 Å². The molecule has 0 saturated heterocycles. The second-order valence-corrected chi connectivity index (χ2v) is 7.09. The topological polar surface area (TPSA) is 49.3 Å². The van der Waals surface area contributed by atoms with Crippen LogP contribution in [0.4, 0.5) is 0 Å². The highest BCUT2D eigenvalue weighted by Crippen LogP contribution is 2.19. The molecular weight excluding hydrogens is 234 g/mol. The molecule has 0 spiro atoms. The van der Waals surface area contributed by atoms with Gasteiger partial charge in [0, 0.05) is 0 Å². The Morgan fingerprint density at radius 1 is 1.35 bits per heavy atom. The van der Waals surface area contributed by atoms with Gasteiger partial charge < -0.3 is 5.11 Å². The van der Waals surface area contributed by atoms with Crippen LogP contribution < -0.4 is 4.72 Å². The number of hydrogen-bond acceptors (Lipinski definition) is 2. The summed E-state index contributed by atoms with van der Waals surface area (Å²) in [6, 6.07) is 7.53. The second-order valence-electron chi connectivity index (χ2n) is 5.09. The number of aliphatic hydroxyl groups excluding tert-OH is 1. The van der Waals surface area contributed by atoms with Crippen LogP contribution in [-0.2, 0) is 11.0 Å². The molecule has 0 amide bonds. The van der Waals surface area contributed by atoms with E-state index in [0.29, 0.717) is 0 Å². The third kappa shape index (κ3) is 3.91. The van der Waals surface area contributed by atoms with Gasteiger partial charge in [-0.25, -0.2) is 8.93 Å². The third-order valence-corrected chi connectivity index (χ3v) is 4.16. The van der Waals surface area contributed by atoms with Crippen LogP contribution in [0.3, 0.4) is 0 Å². The Labute approximate surface area is 106 Å². The van der Waals surface area contributed by atoms with Crippen molar-refractivity contribution in [2.24, 2.45) is 0 Å². The highest BCUT2D eigenvalue weighted by atomic mass is 32.2. The quantitative estimate of drug-likeness (QED) is 0.865. The zero-order chi connectivity index (χ0) is 13.1. The Morgan fingerprint density at radius 2 is 1.94 bits per heavy atom. The third-order valence-electron chi connectivity index (χ3n) is 2.55. The summed E-state index contributed by atoms with van der Waals surface area (Å²) in [6.07, 6.45) is 0. The van der Waals surface area contributed by atoms with Crippen molar-refractivity contribution < 1.29 is 9.32 Å². The van der Waals surface area contributed by atoms with Gasteiger partial charge in [0.15, 0.2) is 0 Å². The fourth-order valence-corrected chi connectivity index (χ4v) is 2.30. The summed E-state index contributed by atoms with van der Waals surface area (Å²) in [5, 5.41) is 9.42. The number of nitrogens with one attached hydrogen (secondary N) is 1. The molecule has 0 heterocycles. The minimum Gasteiger partial charge on any atom is -0.394 e. The van der Waals surface area contributed by atoms with Gasteiger partial charge in [-0.05, 0) is 38.8 Å². The molecule has 0 aliphatic carbocycles. The van der Waals surface area contributed by atoms with Gasteiger partial charge in [0.2, 0.25) is 0 Å². The molecule has 0 bridgehead atoms.